The molecule has 3 rings (SSSR count). The summed E-state index contributed by atoms with van der Waals surface area (Å²) in [4.78, 5) is 18.4. The number of amides is 1. The van der Waals surface area contributed by atoms with Gasteiger partial charge in [-0.3, -0.25) is 9.79 Å². The van der Waals surface area contributed by atoms with Crippen molar-refractivity contribution in [2.45, 2.75) is 12.8 Å². The van der Waals surface area contributed by atoms with Gasteiger partial charge >= 0.3 is 0 Å². The van der Waals surface area contributed by atoms with Gasteiger partial charge in [-0.2, -0.15) is 0 Å². The zero-order valence-corrected chi connectivity index (χ0v) is 17.6. The van der Waals surface area contributed by atoms with Gasteiger partial charge in [-0.25, -0.2) is 4.39 Å². The topological polar surface area (TPSA) is 56.7 Å². The first kappa shape index (κ1) is 21.1. The minimum Gasteiger partial charge on any atom is -0.356 e. The summed E-state index contributed by atoms with van der Waals surface area (Å²) in [5.74, 6) is 0.328. The SMILES string of the molecule is CN=C(NCCc1ccccc1F)NCC(=O)N1CCc2ccccc21.I. The van der Waals surface area contributed by atoms with Gasteiger partial charge in [0.1, 0.15) is 5.82 Å². The van der Waals surface area contributed by atoms with E-state index in [9.17, 15) is 9.18 Å². The fourth-order valence-electron chi connectivity index (χ4n) is 3.09. The fourth-order valence-corrected chi connectivity index (χ4v) is 3.09. The van der Waals surface area contributed by atoms with E-state index in [0.29, 0.717) is 31.0 Å². The highest BCUT2D eigenvalue weighted by Crippen LogP contribution is 2.27. The van der Waals surface area contributed by atoms with Gasteiger partial charge in [0.15, 0.2) is 5.96 Å². The number of para-hydroxylation sites is 1. The number of nitrogens with one attached hydrogen (secondary N) is 2. The van der Waals surface area contributed by atoms with Crippen LogP contribution in [-0.4, -0.2) is 38.5 Å². The highest BCUT2D eigenvalue weighted by atomic mass is 127. The number of rotatable bonds is 5. The molecule has 0 aromatic heterocycles. The molecule has 0 saturated carbocycles. The van der Waals surface area contributed by atoms with Gasteiger partial charge in [0.2, 0.25) is 5.91 Å². The van der Waals surface area contributed by atoms with Crippen molar-refractivity contribution in [2.24, 2.45) is 4.99 Å². The van der Waals surface area contributed by atoms with Gasteiger partial charge in [-0.15, -0.1) is 24.0 Å². The van der Waals surface area contributed by atoms with Crippen molar-refractivity contribution in [1.82, 2.24) is 10.6 Å². The van der Waals surface area contributed by atoms with Crippen LogP contribution in [0.25, 0.3) is 0 Å². The molecule has 2 aromatic rings. The highest BCUT2D eigenvalue weighted by molar-refractivity contribution is 14.0. The van der Waals surface area contributed by atoms with Crippen LogP contribution in [0.2, 0.25) is 0 Å². The Labute approximate surface area is 176 Å². The summed E-state index contributed by atoms with van der Waals surface area (Å²) in [6, 6.07) is 14.7. The molecule has 1 aliphatic rings. The molecule has 0 saturated heterocycles. The number of carbonyl (C=O) groups excluding carboxylic acids is 1. The molecule has 0 fully saturated rings. The van der Waals surface area contributed by atoms with E-state index in [0.717, 1.165) is 12.1 Å². The number of fused-ring (bicyclic) bond motifs is 1. The molecular weight excluding hydrogens is 458 g/mol. The van der Waals surface area contributed by atoms with Gasteiger partial charge in [0.05, 0.1) is 6.54 Å². The second-order valence-electron chi connectivity index (χ2n) is 6.12. The zero-order valence-electron chi connectivity index (χ0n) is 15.2. The molecule has 27 heavy (non-hydrogen) atoms. The van der Waals surface area contributed by atoms with Gasteiger partial charge in [-0.1, -0.05) is 36.4 Å². The normalized spacial score (nSPS) is 13.0. The largest absolute Gasteiger partial charge is 0.356 e. The Morgan fingerprint density at radius 3 is 2.67 bits per heavy atom. The number of halogens is 2. The molecule has 0 atom stereocenters. The summed E-state index contributed by atoms with van der Waals surface area (Å²) in [5.41, 5.74) is 2.84. The summed E-state index contributed by atoms with van der Waals surface area (Å²) in [6.45, 7) is 1.40. The van der Waals surface area contributed by atoms with Crippen LogP contribution in [0.1, 0.15) is 11.1 Å². The second kappa shape index (κ2) is 10.2. The first-order chi connectivity index (χ1) is 12.7. The summed E-state index contributed by atoms with van der Waals surface area (Å²) >= 11 is 0. The quantitative estimate of drug-likeness (QED) is 0.392. The number of carbonyl (C=O) groups is 1. The molecule has 0 spiro atoms. The molecule has 2 aromatic carbocycles. The maximum Gasteiger partial charge on any atom is 0.246 e. The van der Waals surface area contributed by atoms with Crippen LogP contribution in [0, 0.1) is 5.82 Å². The minimum absolute atomic E-state index is 0. The van der Waals surface area contributed by atoms with Crippen LogP contribution in [0.3, 0.4) is 0 Å². The van der Waals surface area contributed by atoms with E-state index in [1.807, 2.05) is 24.3 Å². The number of aliphatic imine (C=N–C) groups is 1. The molecule has 144 valence electrons. The lowest BCUT2D eigenvalue weighted by atomic mass is 10.1. The number of guanidine groups is 1. The van der Waals surface area contributed by atoms with Crippen molar-refractivity contribution in [2.75, 3.05) is 31.6 Å². The third kappa shape index (κ3) is 5.41. The summed E-state index contributed by atoms with van der Waals surface area (Å²) in [7, 11) is 1.65. The lowest BCUT2D eigenvalue weighted by Gasteiger charge is -2.19. The van der Waals surface area contributed by atoms with Crippen molar-refractivity contribution in [3.8, 4) is 0 Å². The third-order valence-electron chi connectivity index (χ3n) is 4.46. The Bertz CT molecular complexity index is 812. The average Bonchev–Trinajstić information content (AvgIpc) is 3.10. The Morgan fingerprint density at radius 2 is 1.89 bits per heavy atom. The molecule has 7 heteroatoms. The zero-order chi connectivity index (χ0) is 18.4. The van der Waals surface area contributed by atoms with Gasteiger partial charge in [0.25, 0.3) is 0 Å². The molecule has 1 heterocycles. The average molecular weight is 482 g/mol. The van der Waals surface area contributed by atoms with Crippen molar-refractivity contribution in [3.63, 3.8) is 0 Å². The van der Waals surface area contributed by atoms with Crippen molar-refractivity contribution in [3.05, 3.63) is 65.5 Å². The lowest BCUT2D eigenvalue weighted by molar-refractivity contribution is -0.117. The molecule has 2 N–H and O–H groups in total. The van der Waals surface area contributed by atoms with E-state index < -0.39 is 0 Å². The summed E-state index contributed by atoms with van der Waals surface area (Å²) in [6.07, 6.45) is 1.43. The van der Waals surface area contributed by atoms with E-state index >= 15 is 0 Å². The van der Waals surface area contributed by atoms with Gasteiger partial charge < -0.3 is 15.5 Å². The Hall–Kier alpha value is -2.16. The van der Waals surface area contributed by atoms with Crippen molar-refractivity contribution >= 4 is 41.5 Å². The second-order valence-corrected chi connectivity index (χ2v) is 6.12. The lowest BCUT2D eigenvalue weighted by Crippen LogP contribution is -2.44. The molecule has 1 amide bonds. The number of hydrogen-bond donors (Lipinski definition) is 2. The maximum absolute atomic E-state index is 13.6. The molecule has 1 aliphatic heterocycles. The molecule has 0 aliphatic carbocycles. The Balaban J connectivity index is 0.00000261. The Morgan fingerprint density at radius 1 is 1.15 bits per heavy atom. The molecular formula is C20H24FIN4O. The van der Waals surface area contributed by atoms with Gasteiger partial charge in [-0.05, 0) is 36.1 Å². The smallest absolute Gasteiger partial charge is 0.246 e. The molecule has 5 nitrogen and oxygen atoms in total. The first-order valence-electron chi connectivity index (χ1n) is 8.75. The fraction of sp³-hybridized carbons (Fsp3) is 0.300. The summed E-state index contributed by atoms with van der Waals surface area (Å²) < 4.78 is 13.6. The van der Waals surface area contributed by atoms with E-state index in [2.05, 4.69) is 21.7 Å². The van der Waals surface area contributed by atoms with E-state index in [-0.39, 0.29) is 42.2 Å². The van der Waals surface area contributed by atoms with Crippen molar-refractivity contribution in [1.29, 1.82) is 0 Å². The number of hydrogen-bond acceptors (Lipinski definition) is 2. The van der Waals surface area contributed by atoms with Crippen LogP contribution in [0.5, 0.6) is 0 Å². The molecule has 0 unspecified atom stereocenters. The number of benzene rings is 2. The maximum atomic E-state index is 13.6. The van der Waals surface area contributed by atoms with E-state index in [1.54, 1.807) is 24.1 Å². The van der Waals surface area contributed by atoms with Gasteiger partial charge in [0, 0.05) is 25.8 Å². The van der Waals surface area contributed by atoms with Crippen LogP contribution in [-0.2, 0) is 17.6 Å². The molecule has 0 radical (unpaired) electrons. The van der Waals surface area contributed by atoms with E-state index in [1.165, 1.54) is 11.6 Å². The number of anilines is 1. The van der Waals surface area contributed by atoms with Crippen LogP contribution < -0.4 is 15.5 Å². The highest BCUT2D eigenvalue weighted by Gasteiger charge is 2.23. The third-order valence-corrected chi connectivity index (χ3v) is 4.46. The van der Waals surface area contributed by atoms with Crippen molar-refractivity contribution < 1.29 is 9.18 Å². The first-order valence-corrected chi connectivity index (χ1v) is 8.75. The molecule has 0 bridgehead atoms. The number of nitrogens with zero attached hydrogens (tertiary/aromatic N) is 2. The Kier molecular flexibility index (Phi) is 8.02. The van der Waals surface area contributed by atoms with E-state index in [4.69, 9.17) is 0 Å². The predicted octanol–water partition coefficient (Wildman–Crippen LogP) is 2.74. The predicted molar refractivity (Wildman–Crippen MR) is 117 cm³/mol. The van der Waals surface area contributed by atoms with Crippen LogP contribution in [0.4, 0.5) is 10.1 Å². The van der Waals surface area contributed by atoms with Crippen LogP contribution in [0.15, 0.2) is 53.5 Å². The minimum atomic E-state index is -0.208. The summed E-state index contributed by atoms with van der Waals surface area (Å²) in [5, 5.41) is 6.14. The standard InChI is InChI=1S/C20H23FN4O.HI/c1-22-20(23-12-10-15-6-2-4-8-17(15)21)24-14-19(26)25-13-11-16-7-3-5-9-18(16)25;/h2-9H,10-14H2,1H3,(H2,22,23,24);1H. The van der Waals surface area contributed by atoms with Crippen LogP contribution >= 0.6 is 24.0 Å². The monoisotopic (exact) mass is 482 g/mol.